The Morgan fingerprint density at radius 3 is 2.40 bits per heavy atom. The van der Waals surface area contributed by atoms with Gasteiger partial charge in [0.1, 0.15) is 5.75 Å². The van der Waals surface area contributed by atoms with E-state index in [0.29, 0.717) is 18.1 Å². The standard InChI is InChI=1S/C14H13NO5/c1-2-3-8-6-9-10(7-11(8)16)14(20)15(13(9)19)5-4-12(17)18/h4-7,16H,2-3H2,1H3,(H,17,18)/b5-4+. The second-order valence-corrected chi connectivity index (χ2v) is 4.41. The molecule has 6 heteroatoms. The summed E-state index contributed by atoms with van der Waals surface area (Å²) in [6.45, 7) is 1.93. The topological polar surface area (TPSA) is 94.9 Å². The molecule has 2 N–H and O–H groups in total. The second kappa shape index (κ2) is 5.16. The van der Waals surface area contributed by atoms with Gasteiger partial charge in [0.05, 0.1) is 11.1 Å². The summed E-state index contributed by atoms with van der Waals surface area (Å²) >= 11 is 0. The highest BCUT2D eigenvalue weighted by Crippen LogP contribution is 2.30. The van der Waals surface area contributed by atoms with Crippen molar-refractivity contribution in [3.63, 3.8) is 0 Å². The molecule has 6 nitrogen and oxygen atoms in total. The van der Waals surface area contributed by atoms with E-state index in [1.54, 1.807) is 0 Å². The number of carboxylic acid groups (broad SMARTS) is 1. The number of carbonyl (C=O) groups is 3. The minimum atomic E-state index is -1.25. The van der Waals surface area contributed by atoms with Gasteiger partial charge in [0.2, 0.25) is 0 Å². The van der Waals surface area contributed by atoms with Gasteiger partial charge in [-0.05, 0) is 24.1 Å². The van der Waals surface area contributed by atoms with E-state index < -0.39 is 17.8 Å². The Balaban J connectivity index is 2.43. The van der Waals surface area contributed by atoms with E-state index in [0.717, 1.165) is 17.5 Å². The third-order valence-electron chi connectivity index (χ3n) is 3.00. The van der Waals surface area contributed by atoms with Crippen LogP contribution in [0.2, 0.25) is 0 Å². The molecule has 0 unspecified atom stereocenters. The molecule has 0 atom stereocenters. The van der Waals surface area contributed by atoms with Crippen LogP contribution in [-0.2, 0) is 11.2 Å². The maximum Gasteiger partial charge on any atom is 0.329 e. The molecule has 0 radical (unpaired) electrons. The molecule has 1 aromatic carbocycles. The monoisotopic (exact) mass is 275 g/mol. The molecule has 1 aliphatic rings. The number of carboxylic acids is 1. The van der Waals surface area contributed by atoms with Crippen LogP contribution < -0.4 is 0 Å². The number of hydrogen-bond donors (Lipinski definition) is 2. The lowest BCUT2D eigenvalue weighted by Crippen LogP contribution is -2.23. The summed E-state index contributed by atoms with van der Waals surface area (Å²) in [5.41, 5.74) is 0.866. The van der Waals surface area contributed by atoms with Gasteiger partial charge >= 0.3 is 5.97 Å². The lowest BCUT2D eigenvalue weighted by molar-refractivity contribution is -0.131. The summed E-state index contributed by atoms with van der Waals surface area (Å²) in [5, 5.41) is 18.4. The smallest absolute Gasteiger partial charge is 0.329 e. The molecule has 0 aromatic heterocycles. The number of aliphatic carboxylic acids is 1. The van der Waals surface area contributed by atoms with Crippen LogP contribution >= 0.6 is 0 Å². The van der Waals surface area contributed by atoms with Crippen molar-refractivity contribution in [1.29, 1.82) is 0 Å². The van der Waals surface area contributed by atoms with Crippen molar-refractivity contribution in [1.82, 2.24) is 4.90 Å². The molecular formula is C14H13NO5. The number of carbonyl (C=O) groups excluding carboxylic acids is 2. The zero-order valence-corrected chi connectivity index (χ0v) is 10.8. The molecular weight excluding hydrogens is 262 g/mol. The molecule has 0 aliphatic carbocycles. The molecule has 0 spiro atoms. The van der Waals surface area contributed by atoms with E-state index in [-0.39, 0.29) is 16.9 Å². The maximum absolute atomic E-state index is 12.1. The van der Waals surface area contributed by atoms with E-state index in [1.165, 1.54) is 12.1 Å². The van der Waals surface area contributed by atoms with Crippen LogP contribution in [0.15, 0.2) is 24.4 Å². The van der Waals surface area contributed by atoms with Crippen LogP contribution in [0.4, 0.5) is 0 Å². The van der Waals surface area contributed by atoms with Crippen molar-refractivity contribution in [2.24, 2.45) is 0 Å². The van der Waals surface area contributed by atoms with Gasteiger partial charge in [-0.25, -0.2) is 9.69 Å². The Kier molecular flexibility index (Phi) is 3.56. The lowest BCUT2D eigenvalue weighted by atomic mass is 10.0. The molecule has 20 heavy (non-hydrogen) atoms. The van der Waals surface area contributed by atoms with E-state index in [1.807, 2.05) is 6.92 Å². The number of benzene rings is 1. The van der Waals surface area contributed by atoms with Gasteiger partial charge in [-0.15, -0.1) is 0 Å². The molecule has 104 valence electrons. The lowest BCUT2D eigenvalue weighted by Gasteiger charge is -2.05. The highest BCUT2D eigenvalue weighted by Gasteiger charge is 2.35. The van der Waals surface area contributed by atoms with Crippen LogP contribution in [-0.4, -0.2) is 32.9 Å². The molecule has 1 aromatic rings. The van der Waals surface area contributed by atoms with Crippen molar-refractivity contribution >= 4 is 17.8 Å². The number of phenolic OH excluding ortho intramolecular Hbond substituents is 1. The van der Waals surface area contributed by atoms with Gasteiger partial charge in [-0.3, -0.25) is 9.59 Å². The molecule has 0 fully saturated rings. The average Bonchev–Trinajstić information content (AvgIpc) is 2.61. The first kappa shape index (κ1) is 13.8. The fourth-order valence-electron chi connectivity index (χ4n) is 2.08. The average molecular weight is 275 g/mol. The second-order valence-electron chi connectivity index (χ2n) is 4.41. The fourth-order valence-corrected chi connectivity index (χ4v) is 2.08. The van der Waals surface area contributed by atoms with Crippen LogP contribution in [0.3, 0.4) is 0 Å². The number of amides is 2. The first-order valence-electron chi connectivity index (χ1n) is 6.10. The van der Waals surface area contributed by atoms with E-state index >= 15 is 0 Å². The number of nitrogens with zero attached hydrogens (tertiary/aromatic N) is 1. The molecule has 2 rings (SSSR count). The summed E-state index contributed by atoms with van der Waals surface area (Å²) in [7, 11) is 0. The van der Waals surface area contributed by atoms with Crippen LogP contribution in [0.1, 0.15) is 39.6 Å². The molecule has 0 saturated carbocycles. The highest BCUT2D eigenvalue weighted by molar-refractivity contribution is 6.22. The SMILES string of the molecule is CCCc1cc2c(cc1O)C(=O)N(/C=C/C(=O)O)C2=O. The van der Waals surface area contributed by atoms with Crippen LogP contribution in [0.5, 0.6) is 5.75 Å². The number of hydrogen-bond acceptors (Lipinski definition) is 4. The summed E-state index contributed by atoms with van der Waals surface area (Å²) in [4.78, 5) is 35.2. The quantitative estimate of drug-likeness (QED) is 0.642. The van der Waals surface area contributed by atoms with Crippen molar-refractivity contribution in [3.05, 3.63) is 41.1 Å². The summed E-state index contributed by atoms with van der Waals surface area (Å²) in [6, 6.07) is 2.75. The number of imide groups is 1. The predicted octanol–water partition coefficient (Wildman–Crippen LogP) is 1.54. The minimum Gasteiger partial charge on any atom is -0.508 e. The van der Waals surface area contributed by atoms with E-state index in [9.17, 15) is 19.5 Å². The van der Waals surface area contributed by atoms with Crippen LogP contribution in [0, 0.1) is 0 Å². The number of phenols is 1. The zero-order chi connectivity index (χ0) is 14.9. The fraction of sp³-hybridized carbons (Fsp3) is 0.214. The highest BCUT2D eigenvalue weighted by atomic mass is 16.4. The van der Waals surface area contributed by atoms with Crippen molar-refractivity contribution in [2.75, 3.05) is 0 Å². The van der Waals surface area contributed by atoms with Crippen molar-refractivity contribution in [3.8, 4) is 5.75 Å². The van der Waals surface area contributed by atoms with Gasteiger partial charge in [0.25, 0.3) is 11.8 Å². The zero-order valence-electron chi connectivity index (χ0n) is 10.8. The Morgan fingerprint density at radius 1 is 1.25 bits per heavy atom. The molecule has 2 amide bonds. The molecule has 0 saturated heterocycles. The van der Waals surface area contributed by atoms with Gasteiger partial charge < -0.3 is 10.2 Å². The Hall–Kier alpha value is -2.63. The van der Waals surface area contributed by atoms with Gasteiger partial charge in [0, 0.05) is 12.3 Å². The molecule has 1 aliphatic heterocycles. The maximum atomic E-state index is 12.1. The Labute approximate surface area is 114 Å². The number of fused-ring (bicyclic) bond motifs is 1. The molecule has 1 heterocycles. The van der Waals surface area contributed by atoms with Gasteiger partial charge in [-0.1, -0.05) is 13.3 Å². The predicted molar refractivity (Wildman–Crippen MR) is 69.4 cm³/mol. The number of aryl methyl sites for hydroxylation is 1. The number of rotatable bonds is 4. The first-order valence-corrected chi connectivity index (χ1v) is 6.10. The Bertz CT molecular complexity index is 633. The van der Waals surface area contributed by atoms with Crippen LogP contribution in [0.25, 0.3) is 0 Å². The summed E-state index contributed by atoms with van der Waals surface area (Å²) in [6.07, 6.45) is 3.01. The minimum absolute atomic E-state index is 0.0317. The summed E-state index contributed by atoms with van der Waals surface area (Å²) in [5.74, 6) is -2.51. The van der Waals surface area contributed by atoms with Gasteiger partial charge in [0.15, 0.2) is 0 Å². The molecule has 0 bridgehead atoms. The van der Waals surface area contributed by atoms with E-state index in [2.05, 4.69) is 0 Å². The number of aromatic hydroxyl groups is 1. The van der Waals surface area contributed by atoms with Crippen molar-refractivity contribution in [2.45, 2.75) is 19.8 Å². The largest absolute Gasteiger partial charge is 0.508 e. The first-order chi connectivity index (χ1) is 9.45. The summed E-state index contributed by atoms with van der Waals surface area (Å²) < 4.78 is 0. The van der Waals surface area contributed by atoms with Crippen molar-refractivity contribution < 1.29 is 24.6 Å². The third-order valence-corrected chi connectivity index (χ3v) is 3.00. The van der Waals surface area contributed by atoms with E-state index in [4.69, 9.17) is 5.11 Å². The Morgan fingerprint density at radius 2 is 1.85 bits per heavy atom. The van der Waals surface area contributed by atoms with Gasteiger partial charge in [-0.2, -0.15) is 0 Å². The third kappa shape index (κ3) is 2.27. The normalized spacial score (nSPS) is 14.2.